The van der Waals surface area contributed by atoms with Crippen molar-refractivity contribution in [2.45, 2.75) is 58.4 Å². The number of carbonyl (C=O) groups excluding carboxylic acids is 2. The number of anilines is 1. The van der Waals surface area contributed by atoms with Gasteiger partial charge in [-0.25, -0.2) is 5.01 Å². The summed E-state index contributed by atoms with van der Waals surface area (Å²) < 4.78 is 0. The van der Waals surface area contributed by atoms with Crippen molar-refractivity contribution in [2.24, 2.45) is 5.10 Å². The van der Waals surface area contributed by atoms with Gasteiger partial charge in [-0.15, -0.1) is 0 Å². The fourth-order valence-electron chi connectivity index (χ4n) is 3.19. The van der Waals surface area contributed by atoms with Gasteiger partial charge in [-0.2, -0.15) is 5.10 Å². The van der Waals surface area contributed by atoms with Gasteiger partial charge in [0.15, 0.2) is 0 Å². The molecule has 1 aliphatic carbocycles. The summed E-state index contributed by atoms with van der Waals surface area (Å²) in [4.78, 5) is 24.7. The molecule has 1 heterocycles. The minimum absolute atomic E-state index is 0.0592. The van der Waals surface area contributed by atoms with E-state index in [0.717, 1.165) is 29.7 Å². The lowest BCUT2D eigenvalue weighted by Gasteiger charge is -2.25. The first kappa shape index (κ1) is 15.7. The van der Waals surface area contributed by atoms with Crippen LogP contribution in [0, 0.1) is 13.8 Å². The van der Waals surface area contributed by atoms with Gasteiger partial charge in [0.1, 0.15) is 5.71 Å². The number of hydrazone groups is 1. The van der Waals surface area contributed by atoms with Crippen LogP contribution in [0.4, 0.5) is 5.69 Å². The third kappa shape index (κ3) is 3.44. The Morgan fingerprint density at radius 1 is 1.22 bits per heavy atom. The zero-order chi connectivity index (χ0) is 16.4. The minimum Gasteiger partial charge on any atom is -0.348 e. The number of amides is 2. The Morgan fingerprint density at radius 2 is 1.96 bits per heavy atom. The molecule has 1 aromatic carbocycles. The number of carbonyl (C=O) groups is 2. The number of hydrogen-bond acceptors (Lipinski definition) is 3. The van der Waals surface area contributed by atoms with Gasteiger partial charge in [0.05, 0.1) is 5.69 Å². The van der Waals surface area contributed by atoms with Gasteiger partial charge in [0, 0.05) is 18.9 Å². The van der Waals surface area contributed by atoms with Crippen molar-refractivity contribution in [1.82, 2.24) is 5.32 Å². The van der Waals surface area contributed by atoms with Crippen LogP contribution in [-0.4, -0.2) is 23.6 Å². The highest BCUT2D eigenvalue weighted by Gasteiger charge is 2.28. The summed E-state index contributed by atoms with van der Waals surface area (Å²) in [5, 5.41) is 8.82. The third-order valence-corrected chi connectivity index (χ3v) is 4.58. The van der Waals surface area contributed by atoms with Crippen LogP contribution >= 0.6 is 0 Å². The van der Waals surface area contributed by atoms with Gasteiger partial charge < -0.3 is 5.32 Å². The molecule has 3 rings (SSSR count). The summed E-state index contributed by atoms with van der Waals surface area (Å²) in [6.07, 6.45) is 5.16. The topological polar surface area (TPSA) is 61.8 Å². The van der Waals surface area contributed by atoms with E-state index < -0.39 is 0 Å². The molecule has 0 aromatic heterocycles. The molecular weight excluding hydrogens is 290 g/mol. The average molecular weight is 313 g/mol. The van der Waals surface area contributed by atoms with Crippen LogP contribution in [0.2, 0.25) is 0 Å². The summed E-state index contributed by atoms with van der Waals surface area (Å²) >= 11 is 0. The van der Waals surface area contributed by atoms with E-state index in [1.807, 2.05) is 32.0 Å². The zero-order valence-corrected chi connectivity index (χ0v) is 13.8. The van der Waals surface area contributed by atoms with Crippen molar-refractivity contribution in [3.63, 3.8) is 0 Å². The molecule has 0 unspecified atom stereocenters. The number of benzene rings is 1. The van der Waals surface area contributed by atoms with Crippen molar-refractivity contribution >= 4 is 23.2 Å². The number of hydrogen-bond donors (Lipinski definition) is 1. The molecule has 2 amide bonds. The molecule has 0 saturated heterocycles. The molecule has 5 heteroatoms. The Morgan fingerprint density at radius 3 is 2.70 bits per heavy atom. The highest BCUT2D eigenvalue weighted by Crippen LogP contribution is 2.25. The summed E-state index contributed by atoms with van der Waals surface area (Å²) in [6, 6.07) is 6.18. The Bertz CT molecular complexity index is 660. The van der Waals surface area contributed by atoms with E-state index in [-0.39, 0.29) is 17.9 Å². The molecule has 122 valence electrons. The Balaban J connectivity index is 1.83. The summed E-state index contributed by atoms with van der Waals surface area (Å²) in [7, 11) is 0. The van der Waals surface area contributed by atoms with Crippen LogP contribution in [0.3, 0.4) is 0 Å². The monoisotopic (exact) mass is 313 g/mol. The zero-order valence-electron chi connectivity index (χ0n) is 13.8. The van der Waals surface area contributed by atoms with Crippen LogP contribution in [0.1, 0.15) is 49.7 Å². The van der Waals surface area contributed by atoms with Crippen molar-refractivity contribution in [3.8, 4) is 0 Å². The first-order valence-electron chi connectivity index (χ1n) is 8.33. The van der Waals surface area contributed by atoms with E-state index >= 15 is 0 Å². The lowest BCUT2D eigenvalue weighted by molar-refractivity contribution is -0.119. The number of nitrogens with zero attached hydrogens (tertiary/aromatic N) is 2. The smallest absolute Gasteiger partial charge is 0.267 e. The summed E-state index contributed by atoms with van der Waals surface area (Å²) in [6.45, 7) is 3.93. The van der Waals surface area contributed by atoms with Crippen molar-refractivity contribution in [1.29, 1.82) is 0 Å². The second kappa shape index (κ2) is 6.52. The van der Waals surface area contributed by atoms with Crippen molar-refractivity contribution in [2.75, 3.05) is 5.01 Å². The normalized spacial score (nSPS) is 19.0. The SMILES string of the molecule is Cc1ccc(C)c(N2N=C(C(=O)NC3CCCC3)CCC2=O)c1. The van der Waals surface area contributed by atoms with E-state index in [1.165, 1.54) is 17.9 Å². The maximum Gasteiger partial charge on any atom is 0.267 e. The maximum absolute atomic E-state index is 12.4. The number of aryl methyl sites for hydroxylation is 2. The fourth-order valence-corrected chi connectivity index (χ4v) is 3.19. The molecule has 0 atom stereocenters. The third-order valence-electron chi connectivity index (χ3n) is 4.58. The molecule has 1 aliphatic heterocycles. The van der Waals surface area contributed by atoms with E-state index in [2.05, 4.69) is 10.4 Å². The van der Waals surface area contributed by atoms with Gasteiger partial charge >= 0.3 is 0 Å². The quantitative estimate of drug-likeness (QED) is 0.932. The second-order valence-electron chi connectivity index (χ2n) is 6.50. The van der Waals surface area contributed by atoms with Crippen LogP contribution in [0.5, 0.6) is 0 Å². The van der Waals surface area contributed by atoms with Crippen molar-refractivity contribution in [3.05, 3.63) is 29.3 Å². The lowest BCUT2D eigenvalue weighted by Crippen LogP contribution is -2.42. The Labute approximate surface area is 136 Å². The molecule has 0 spiro atoms. The summed E-state index contributed by atoms with van der Waals surface area (Å²) in [5.74, 6) is -0.184. The Kier molecular flexibility index (Phi) is 4.46. The molecule has 1 fully saturated rings. The van der Waals surface area contributed by atoms with Crippen LogP contribution in [0.25, 0.3) is 0 Å². The average Bonchev–Trinajstić information content (AvgIpc) is 3.03. The first-order valence-corrected chi connectivity index (χ1v) is 8.33. The Hall–Kier alpha value is -2.17. The second-order valence-corrected chi connectivity index (χ2v) is 6.50. The predicted molar refractivity (Wildman–Crippen MR) is 90.5 cm³/mol. The van der Waals surface area contributed by atoms with E-state index in [9.17, 15) is 9.59 Å². The van der Waals surface area contributed by atoms with Crippen LogP contribution < -0.4 is 10.3 Å². The van der Waals surface area contributed by atoms with Gasteiger partial charge in [-0.05, 0) is 43.9 Å². The van der Waals surface area contributed by atoms with Crippen molar-refractivity contribution < 1.29 is 9.59 Å². The maximum atomic E-state index is 12.4. The molecule has 1 aromatic rings. The molecule has 2 aliphatic rings. The minimum atomic E-state index is -0.125. The fraction of sp³-hybridized carbons (Fsp3) is 0.500. The molecule has 0 bridgehead atoms. The van der Waals surface area contributed by atoms with Gasteiger partial charge in [0.2, 0.25) is 5.91 Å². The highest BCUT2D eigenvalue weighted by atomic mass is 16.2. The first-order chi connectivity index (χ1) is 11.0. The summed E-state index contributed by atoms with van der Waals surface area (Å²) in [5.41, 5.74) is 3.26. The molecule has 5 nitrogen and oxygen atoms in total. The molecule has 0 radical (unpaired) electrons. The molecule has 1 N–H and O–H groups in total. The molecule has 1 saturated carbocycles. The van der Waals surface area contributed by atoms with E-state index in [0.29, 0.717) is 18.6 Å². The van der Waals surface area contributed by atoms with Gasteiger partial charge in [-0.3, -0.25) is 9.59 Å². The van der Waals surface area contributed by atoms with Crippen LogP contribution in [0.15, 0.2) is 23.3 Å². The van der Waals surface area contributed by atoms with E-state index in [4.69, 9.17) is 0 Å². The standard InChI is InChI=1S/C18H23N3O2/c1-12-7-8-13(2)16(11-12)21-17(22)10-9-15(20-21)18(23)19-14-5-3-4-6-14/h7-8,11,14H,3-6,9-10H2,1-2H3,(H,19,23). The highest BCUT2D eigenvalue weighted by molar-refractivity contribution is 6.40. The molecule has 23 heavy (non-hydrogen) atoms. The van der Waals surface area contributed by atoms with Gasteiger partial charge in [-0.1, -0.05) is 25.0 Å². The lowest BCUT2D eigenvalue weighted by atomic mass is 10.1. The van der Waals surface area contributed by atoms with E-state index in [1.54, 1.807) is 0 Å². The number of rotatable bonds is 3. The number of nitrogens with one attached hydrogen (secondary N) is 1. The van der Waals surface area contributed by atoms with Crippen LogP contribution in [-0.2, 0) is 9.59 Å². The van der Waals surface area contributed by atoms with Gasteiger partial charge in [0.25, 0.3) is 5.91 Å². The predicted octanol–water partition coefficient (Wildman–Crippen LogP) is 2.85. The largest absolute Gasteiger partial charge is 0.348 e. The molecular formula is C18H23N3O2.